The van der Waals surface area contributed by atoms with E-state index < -0.39 is 9.84 Å². The number of nitrogens with zero attached hydrogens (tertiary/aromatic N) is 1. The predicted octanol–water partition coefficient (Wildman–Crippen LogP) is 3.63. The number of hydrogen-bond donors (Lipinski definition) is 0. The Morgan fingerprint density at radius 2 is 1.77 bits per heavy atom. The van der Waals surface area contributed by atoms with Crippen molar-refractivity contribution in [2.24, 2.45) is 0 Å². The van der Waals surface area contributed by atoms with Gasteiger partial charge in [0.2, 0.25) is 0 Å². The van der Waals surface area contributed by atoms with Gasteiger partial charge in [-0.1, -0.05) is 42.0 Å². The summed E-state index contributed by atoms with van der Waals surface area (Å²) in [6.07, 6.45) is 1.77. The molecule has 0 bridgehead atoms. The summed E-state index contributed by atoms with van der Waals surface area (Å²) in [4.78, 5) is 0.910. The Balaban J connectivity index is 2.21. The first-order valence-electron chi connectivity index (χ1n) is 6.81. The van der Waals surface area contributed by atoms with Crippen LogP contribution in [0, 0.1) is 18.3 Å². The van der Waals surface area contributed by atoms with Crippen LogP contribution in [0.4, 0.5) is 0 Å². The number of benzene rings is 2. The number of rotatable bonds is 5. The van der Waals surface area contributed by atoms with Gasteiger partial charge in [-0.25, -0.2) is 8.42 Å². The third-order valence-corrected chi connectivity index (χ3v) is 5.65. The summed E-state index contributed by atoms with van der Waals surface area (Å²) >= 11 is 1.30. The topological polar surface area (TPSA) is 57.9 Å². The van der Waals surface area contributed by atoms with E-state index >= 15 is 0 Å². The van der Waals surface area contributed by atoms with E-state index in [0.717, 1.165) is 5.56 Å². The quantitative estimate of drug-likeness (QED) is 0.785. The molecule has 2 aromatic carbocycles. The third kappa shape index (κ3) is 4.36. The summed E-state index contributed by atoms with van der Waals surface area (Å²) in [5, 5.41) is 9.05. The molecule has 0 saturated carbocycles. The van der Waals surface area contributed by atoms with Gasteiger partial charge in [-0.3, -0.25) is 0 Å². The second-order valence-corrected chi connectivity index (χ2v) is 8.37. The monoisotopic (exact) mass is 331 g/mol. The number of hydrogen-bond acceptors (Lipinski definition) is 4. The number of aryl methyl sites for hydroxylation is 1. The lowest BCUT2D eigenvalue weighted by molar-refractivity contribution is 0.600. The molecule has 114 valence electrons. The Labute approximate surface area is 135 Å². The van der Waals surface area contributed by atoms with Crippen molar-refractivity contribution in [3.8, 4) is 6.07 Å². The molecule has 0 N–H and O–H groups in total. The smallest absolute Gasteiger partial charge is 0.176 e. The number of thioether (sulfide) groups is 1. The highest BCUT2D eigenvalue weighted by Crippen LogP contribution is 2.31. The minimum absolute atomic E-state index is 0.282. The first-order chi connectivity index (χ1) is 10.4. The maximum absolute atomic E-state index is 11.8. The van der Waals surface area contributed by atoms with Crippen LogP contribution in [0.1, 0.15) is 11.1 Å². The van der Waals surface area contributed by atoms with Crippen LogP contribution in [0.5, 0.6) is 0 Å². The summed E-state index contributed by atoms with van der Waals surface area (Å²) in [7, 11) is -3.30. The van der Waals surface area contributed by atoms with Crippen LogP contribution in [0.3, 0.4) is 0 Å². The van der Waals surface area contributed by atoms with Gasteiger partial charge in [-0.2, -0.15) is 5.26 Å². The molecule has 3 nitrogen and oxygen atoms in total. The summed E-state index contributed by atoms with van der Waals surface area (Å²) in [5.41, 5.74) is 2.24. The normalized spacial score (nSPS) is 12.6. The molecule has 0 spiro atoms. The molecule has 0 saturated heterocycles. The lowest BCUT2D eigenvalue weighted by atomic mass is 10.1. The average Bonchev–Trinajstić information content (AvgIpc) is 2.48. The van der Waals surface area contributed by atoms with Crippen LogP contribution in [-0.2, 0) is 16.3 Å². The molecule has 0 amide bonds. The van der Waals surface area contributed by atoms with Crippen molar-refractivity contribution >= 4 is 21.6 Å². The van der Waals surface area contributed by atoms with E-state index in [1.165, 1.54) is 23.6 Å². The zero-order valence-corrected chi connectivity index (χ0v) is 14.1. The van der Waals surface area contributed by atoms with Gasteiger partial charge in [-0.15, -0.1) is 11.8 Å². The lowest BCUT2D eigenvalue weighted by Crippen LogP contribution is -2.06. The standard InChI is InChI=1S/C17H17NO2S2/c1-13-7-9-14(10-8-13)11-15(12-18)21-16-5-3-4-6-17(16)22(2,19)20/h3-10,15H,11H2,1-2H3/t15-/m0/s1. The molecule has 0 aromatic heterocycles. The van der Waals surface area contributed by atoms with Crippen molar-refractivity contribution < 1.29 is 8.42 Å². The summed E-state index contributed by atoms with van der Waals surface area (Å²) in [5.74, 6) is 0. The maximum atomic E-state index is 11.8. The van der Waals surface area contributed by atoms with Gasteiger partial charge in [0, 0.05) is 11.2 Å². The SMILES string of the molecule is Cc1ccc(C[C@@H](C#N)Sc2ccccc2S(C)(=O)=O)cc1. The van der Waals surface area contributed by atoms with Gasteiger partial charge < -0.3 is 0 Å². The van der Waals surface area contributed by atoms with Gasteiger partial charge in [0.25, 0.3) is 0 Å². The molecule has 2 rings (SSSR count). The van der Waals surface area contributed by atoms with Gasteiger partial charge in [0.15, 0.2) is 9.84 Å². The van der Waals surface area contributed by atoms with Crippen molar-refractivity contribution in [2.45, 2.75) is 28.4 Å². The minimum atomic E-state index is -3.30. The van der Waals surface area contributed by atoms with E-state index in [2.05, 4.69) is 6.07 Å². The molecule has 0 unspecified atom stereocenters. The molecule has 0 heterocycles. The highest BCUT2D eigenvalue weighted by molar-refractivity contribution is 8.01. The summed E-state index contributed by atoms with van der Waals surface area (Å²) in [6.45, 7) is 2.02. The Hall–Kier alpha value is -1.77. The average molecular weight is 331 g/mol. The van der Waals surface area contributed by atoms with E-state index in [1.807, 2.05) is 31.2 Å². The largest absolute Gasteiger partial charge is 0.224 e. The second-order valence-electron chi connectivity index (χ2n) is 5.14. The van der Waals surface area contributed by atoms with E-state index in [9.17, 15) is 13.7 Å². The molecule has 22 heavy (non-hydrogen) atoms. The summed E-state index contributed by atoms with van der Waals surface area (Å²) < 4.78 is 23.6. The molecule has 0 aliphatic rings. The molecule has 0 fully saturated rings. The Morgan fingerprint density at radius 3 is 2.36 bits per heavy atom. The fourth-order valence-electron chi connectivity index (χ4n) is 2.06. The third-order valence-electron chi connectivity index (χ3n) is 3.20. The summed E-state index contributed by atoms with van der Waals surface area (Å²) in [6, 6.07) is 17.1. The van der Waals surface area contributed by atoms with Crippen LogP contribution < -0.4 is 0 Å². The molecular formula is C17H17NO2S2. The Kier molecular flexibility index (Phi) is 5.28. The predicted molar refractivity (Wildman–Crippen MR) is 89.7 cm³/mol. The Morgan fingerprint density at radius 1 is 1.14 bits per heavy atom. The van der Waals surface area contributed by atoms with Crippen LogP contribution >= 0.6 is 11.8 Å². The minimum Gasteiger partial charge on any atom is -0.224 e. The molecule has 0 radical (unpaired) electrons. The van der Waals surface area contributed by atoms with E-state index in [4.69, 9.17) is 0 Å². The highest BCUT2D eigenvalue weighted by Gasteiger charge is 2.17. The molecule has 2 aromatic rings. The first-order valence-corrected chi connectivity index (χ1v) is 9.58. The highest BCUT2D eigenvalue weighted by atomic mass is 32.2. The molecule has 5 heteroatoms. The van der Waals surface area contributed by atoms with Crippen molar-refractivity contribution in [3.05, 3.63) is 59.7 Å². The van der Waals surface area contributed by atoms with Gasteiger partial charge >= 0.3 is 0 Å². The molecule has 1 atom stereocenters. The van der Waals surface area contributed by atoms with E-state index in [1.54, 1.807) is 24.3 Å². The van der Waals surface area contributed by atoms with E-state index in [-0.39, 0.29) is 10.1 Å². The zero-order chi connectivity index (χ0) is 16.2. The van der Waals surface area contributed by atoms with Crippen molar-refractivity contribution in [3.63, 3.8) is 0 Å². The fraction of sp³-hybridized carbons (Fsp3) is 0.235. The van der Waals surface area contributed by atoms with Crippen LogP contribution in [-0.4, -0.2) is 19.9 Å². The molecular weight excluding hydrogens is 314 g/mol. The van der Waals surface area contributed by atoms with Gasteiger partial charge in [-0.05, 0) is 31.0 Å². The van der Waals surface area contributed by atoms with Gasteiger partial charge in [0.05, 0.1) is 11.0 Å². The lowest BCUT2D eigenvalue weighted by Gasteiger charge is -2.12. The number of sulfone groups is 1. The zero-order valence-electron chi connectivity index (χ0n) is 12.5. The second kappa shape index (κ2) is 6.99. The Bertz CT molecular complexity index is 790. The van der Waals surface area contributed by atoms with Crippen LogP contribution in [0.15, 0.2) is 58.3 Å². The fourth-order valence-corrected chi connectivity index (χ4v) is 4.39. The van der Waals surface area contributed by atoms with Crippen molar-refractivity contribution in [1.29, 1.82) is 5.26 Å². The first kappa shape index (κ1) is 16.6. The van der Waals surface area contributed by atoms with Gasteiger partial charge in [0.1, 0.15) is 5.25 Å². The van der Waals surface area contributed by atoms with Crippen molar-refractivity contribution in [1.82, 2.24) is 0 Å². The van der Waals surface area contributed by atoms with Crippen LogP contribution in [0.25, 0.3) is 0 Å². The number of nitriles is 1. The maximum Gasteiger partial charge on any atom is 0.176 e. The van der Waals surface area contributed by atoms with Crippen LogP contribution in [0.2, 0.25) is 0 Å². The van der Waals surface area contributed by atoms with Crippen molar-refractivity contribution in [2.75, 3.05) is 6.26 Å². The molecule has 0 aliphatic carbocycles. The molecule has 0 aliphatic heterocycles. The van der Waals surface area contributed by atoms with E-state index in [0.29, 0.717) is 11.3 Å².